The highest BCUT2D eigenvalue weighted by atomic mass is 32.2. The molecule has 2 atom stereocenters. The minimum Gasteiger partial charge on any atom is -0.508 e. The van der Waals surface area contributed by atoms with Gasteiger partial charge in [0.25, 0.3) is 0 Å². The molecule has 1 aliphatic carbocycles. The topological polar surface area (TPSA) is 142 Å². The summed E-state index contributed by atoms with van der Waals surface area (Å²) in [4.78, 5) is 29.6. The third kappa shape index (κ3) is 4.79. The summed E-state index contributed by atoms with van der Waals surface area (Å²) in [6.07, 6.45) is 6.24. The summed E-state index contributed by atoms with van der Waals surface area (Å²) in [6.45, 7) is 3.32. The van der Waals surface area contributed by atoms with Crippen molar-refractivity contribution in [2.75, 3.05) is 37.7 Å². The maximum atomic E-state index is 16.9. The maximum Gasteiger partial charge on any atom is 0.319 e. The van der Waals surface area contributed by atoms with Crippen LogP contribution in [0.15, 0.2) is 48.5 Å². The number of phenols is 1. The lowest BCUT2D eigenvalue weighted by Gasteiger charge is -2.43. The Labute approximate surface area is 283 Å². The van der Waals surface area contributed by atoms with Crippen molar-refractivity contribution < 1.29 is 27.4 Å². The molecule has 4 aromatic rings. The molecule has 5 fully saturated rings. The first-order valence-corrected chi connectivity index (χ1v) is 18.8. The average molecular weight is 687 g/mol. The highest BCUT2D eigenvalue weighted by molar-refractivity contribution is 7.91. The van der Waals surface area contributed by atoms with E-state index in [-0.39, 0.29) is 47.7 Å². The molecule has 0 spiro atoms. The van der Waals surface area contributed by atoms with Crippen LogP contribution in [0.1, 0.15) is 51.4 Å². The minimum absolute atomic E-state index is 0.0378. The monoisotopic (exact) mass is 686 g/mol. The van der Waals surface area contributed by atoms with Gasteiger partial charge in [-0.3, -0.25) is 9.69 Å². The highest BCUT2D eigenvalue weighted by Gasteiger charge is 2.63. The van der Waals surface area contributed by atoms with Crippen LogP contribution in [0.5, 0.6) is 11.8 Å². The Kier molecular flexibility index (Phi) is 6.93. The largest absolute Gasteiger partial charge is 0.508 e. The summed E-state index contributed by atoms with van der Waals surface area (Å²) in [7, 11) is -4.03. The molecule has 13 heteroatoms. The van der Waals surface area contributed by atoms with E-state index in [9.17, 15) is 18.3 Å². The summed E-state index contributed by atoms with van der Waals surface area (Å²) in [5.41, 5.74) is 0.916. The lowest BCUT2D eigenvalue weighted by molar-refractivity contribution is -0.134. The van der Waals surface area contributed by atoms with Gasteiger partial charge in [0.15, 0.2) is 10.6 Å². The van der Waals surface area contributed by atoms with Crippen LogP contribution in [0.4, 0.5) is 10.2 Å². The number of nitrogens with zero attached hydrogens (tertiary/aromatic N) is 5. The molecule has 256 valence electrons. The third-order valence-corrected chi connectivity index (χ3v) is 13.5. The zero-order chi connectivity index (χ0) is 33.7. The molecule has 5 heterocycles. The Balaban J connectivity index is 1.12. The molecule has 2 bridgehead atoms. The highest BCUT2D eigenvalue weighted by Crippen LogP contribution is 2.47. The standard InChI is InChI=1S/C36H39FN6O5S/c37-30-27(29-18-25(44)17-22-5-1-2-6-26(22)29)9-10-28-31(30)39-34(48-21-35-11-3-15-42(35)16-4-12-35)40-32(28)41-19-23-7-8-24(20-41)43(23)33(45)36(13-14-36)49(38,46)47/h1-2,5-6,9-10,17-18,23-24,44H,3-4,7-8,11-16,19-21H2,(H2,38,46,47). The van der Waals surface area contributed by atoms with Crippen LogP contribution in [0.25, 0.3) is 32.8 Å². The fourth-order valence-electron chi connectivity index (χ4n) is 9.19. The molecule has 3 N–H and O–H groups in total. The van der Waals surface area contributed by atoms with E-state index in [2.05, 4.69) is 9.80 Å². The predicted octanol–water partition coefficient (Wildman–Crippen LogP) is 4.30. The number of rotatable bonds is 7. The van der Waals surface area contributed by atoms with E-state index in [0.29, 0.717) is 42.0 Å². The van der Waals surface area contributed by atoms with Crippen LogP contribution < -0.4 is 14.8 Å². The number of amides is 1. The van der Waals surface area contributed by atoms with Crippen LogP contribution in [-0.2, 0) is 14.8 Å². The Hall–Kier alpha value is -4.07. The van der Waals surface area contributed by atoms with Crippen molar-refractivity contribution in [2.24, 2.45) is 5.14 Å². The van der Waals surface area contributed by atoms with Crippen molar-refractivity contribution in [1.82, 2.24) is 19.8 Å². The fraction of sp³-hybridized carbons (Fsp3) is 0.472. The number of carbonyl (C=O) groups excluding carboxylic acids is 1. The summed E-state index contributed by atoms with van der Waals surface area (Å²) in [6, 6.07) is 13.9. The first kappa shape index (κ1) is 30.9. The van der Waals surface area contributed by atoms with Crippen molar-refractivity contribution in [3.05, 3.63) is 54.3 Å². The molecule has 4 saturated heterocycles. The van der Waals surface area contributed by atoms with Crippen LogP contribution in [0.2, 0.25) is 0 Å². The number of benzene rings is 3. The first-order chi connectivity index (χ1) is 23.6. The number of piperazine rings is 1. The number of phenolic OH excluding ortho intramolecular Hbond substituents is 1. The normalized spacial score (nSPS) is 24.1. The van der Waals surface area contributed by atoms with Crippen molar-refractivity contribution in [3.63, 3.8) is 0 Å². The molecule has 9 rings (SSSR count). The summed E-state index contributed by atoms with van der Waals surface area (Å²) in [5, 5.41) is 18.2. The van der Waals surface area contributed by atoms with E-state index in [1.165, 1.54) is 0 Å². The van der Waals surface area contributed by atoms with Crippen molar-refractivity contribution in [1.29, 1.82) is 0 Å². The molecule has 5 aliphatic rings. The third-order valence-electron chi connectivity index (χ3n) is 11.8. The van der Waals surface area contributed by atoms with E-state index in [1.54, 1.807) is 23.1 Å². The van der Waals surface area contributed by atoms with Gasteiger partial charge in [0.1, 0.15) is 23.7 Å². The summed E-state index contributed by atoms with van der Waals surface area (Å²) in [5.74, 6) is -0.376. The van der Waals surface area contributed by atoms with Crippen molar-refractivity contribution >= 4 is 43.4 Å². The molecule has 1 amide bonds. The van der Waals surface area contributed by atoms with Crippen molar-refractivity contribution in [3.8, 4) is 22.9 Å². The van der Waals surface area contributed by atoms with Crippen LogP contribution in [0.3, 0.4) is 0 Å². The van der Waals surface area contributed by atoms with E-state index >= 15 is 4.39 Å². The second kappa shape index (κ2) is 11.0. The number of fused-ring (bicyclic) bond motifs is 5. The number of sulfonamides is 1. The summed E-state index contributed by atoms with van der Waals surface area (Å²) < 4.78 is 46.6. The molecule has 1 saturated carbocycles. The van der Waals surface area contributed by atoms with Gasteiger partial charge in [0.2, 0.25) is 15.9 Å². The van der Waals surface area contributed by atoms with Gasteiger partial charge in [0, 0.05) is 36.1 Å². The number of anilines is 1. The van der Waals surface area contributed by atoms with E-state index in [1.807, 2.05) is 30.3 Å². The van der Waals surface area contributed by atoms with E-state index in [4.69, 9.17) is 19.8 Å². The zero-order valence-corrected chi connectivity index (χ0v) is 28.0. The number of hydrogen-bond donors (Lipinski definition) is 2. The van der Waals surface area contributed by atoms with Crippen LogP contribution in [-0.4, -0.2) is 94.4 Å². The Morgan fingerprint density at radius 1 is 0.959 bits per heavy atom. The van der Waals surface area contributed by atoms with Gasteiger partial charge in [0.05, 0.1) is 5.54 Å². The van der Waals surface area contributed by atoms with E-state index < -0.39 is 26.5 Å². The average Bonchev–Trinajstić information content (AvgIpc) is 3.59. The lowest BCUT2D eigenvalue weighted by Crippen LogP contribution is -2.60. The number of primary sulfonamides is 1. The van der Waals surface area contributed by atoms with Gasteiger partial charge in [-0.1, -0.05) is 30.3 Å². The van der Waals surface area contributed by atoms with Gasteiger partial charge in [-0.2, -0.15) is 9.97 Å². The lowest BCUT2D eigenvalue weighted by atomic mass is 9.95. The van der Waals surface area contributed by atoms with E-state index in [0.717, 1.165) is 62.4 Å². The number of carbonyl (C=O) groups is 1. The second-order valence-corrected chi connectivity index (χ2v) is 16.5. The molecule has 11 nitrogen and oxygen atoms in total. The first-order valence-electron chi connectivity index (χ1n) is 17.3. The van der Waals surface area contributed by atoms with Crippen LogP contribution >= 0.6 is 0 Å². The number of aromatic hydroxyl groups is 1. The molecular formula is C36H39FN6O5S. The quantitative estimate of drug-likeness (QED) is 0.291. The van der Waals surface area contributed by atoms with Gasteiger partial charge >= 0.3 is 6.01 Å². The van der Waals surface area contributed by atoms with Gasteiger partial charge < -0.3 is 19.6 Å². The predicted molar refractivity (Wildman–Crippen MR) is 183 cm³/mol. The maximum absolute atomic E-state index is 16.9. The number of ether oxygens (including phenoxy) is 1. The smallest absolute Gasteiger partial charge is 0.319 e. The van der Waals surface area contributed by atoms with Gasteiger partial charge in [-0.15, -0.1) is 0 Å². The summed E-state index contributed by atoms with van der Waals surface area (Å²) >= 11 is 0. The Bertz CT molecular complexity index is 2120. The zero-order valence-electron chi connectivity index (χ0n) is 27.1. The molecule has 3 aromatic carbocycles. The SMILES string of the molecule is NS(=O)(=O)C1(C(=O)N2C3CCC2CN(c2nc(OCC45CCCN4CCC5)nc4c(F)c(-c5cc(O)cc6ccccc56)ccc24)C3)CC1. The fourth-order valence-corrected chi connectivity index (χ4v) is 10.2. The second-order valence-electron chi connectivity index (χ2n) is 14.6. The molecule has 2 unspecified atom stereocenters. The Morgan fingerprint density at radius 2 is 1.67 bits per heavy atom. The molecular weight excluding hydrogens is 647 g/mol. The molecule has 49 heavy (non-hydrogen) atoms. The van der Waals surface area contributed by atoms with Crippen molar-refractivity contribution in [2.45, 2.75) is 73.7 Å². The molecule has 4 aliphatic heterocycles. The number of aromatic nitrogens is 2. The number of nitrogens with two attached hydrogens (primary N) is 1. The van der Waals surface area contributed by atoms with Crippen LogP contribution in [0, 0.1) is 5.82 Å². The number of halogens is 1. The number of hydrogen-bond acceptors (Lipinski definition) is 9. The minimum atomic E-state index is -4.03. The molecule has 1 aromatic heterocycles. The Morgan fingerprint density at radius 3 is 2.37 bits per heavy atom. The molecule has 0 radical (unpaired) electrons. The van der Waals surface area contributed by atoms with Gasteiger partial charge in [-0.25, -0.2) is 17.9 Å². The van der Waals surface area contributed by atoms with Gasteiger partial charge in [-0.05, 0) is 99.0 Å².